The molecular weight excluding hydrogens is 298 g/mol. The lowest BCUT2D eigenvalue weighted by molar-refractivity contribution is 0.0599. The molecule has 1 saturated heterocycles. The Bertz CT molecular complexity index is 695. The molecular formula is C17H22ClN3O. The number of pyridine rings is 1. The lowest BCUT2D eigenvalue weighted by Gasteiger charge is -2.35. The van der Waals surface area contributed by atoms with Crippen molar-refractivity contribution in [3.8, 4) is 0 Å². The van der Waals surface area contributed by atoms with Crippen molar-refractivity contribution in [2.45, 2.75) is 52.0 Å². The zero-order valence-electron chi connectivity index (χ0n) is 13.2. The summed E-state index contributed by atoms with van der Waals surface area (Å²) >= 11 is 6.12. The van der Waals surface area contributed by atoms with Crippen molar-refractivity contribution in [3.05, 3.63) is 34.7 Å². The molecule has 22 heavy (non-hydrogen) atoms. The van der Waals surface area contributed by atoms with Crippen molar-refractivity contribution < 1.29 is 4.79 Å². The molecule has 118 valence electrons. The van der Waals surface area contributed by atoms with Gasteiger partial charge in [0.25, 0.3) is 5.91 Å². The van der Waals surface area contributed by atoms with E-state index in [9.17, 15) is 4.79 Å². The van der Waals surface area contributed by atoms with E-state index in [-0.39, 0.29) is 5.91 Å². The summed E-state index contributed by atoms with van der Waals surface area (Å²) in [5.74, 6) is 0.0955. The summed E-state index contributed by atoms with van der Waals surface area (Å²) in [6.07, 6.45) is 6.93. The Morgan fingerprint density at radius 1 is 1.36 bits per heavy atom. The van der Waals surface area contributed by atoms with Gasteiger partial charge in [0.05, 0.1) is 10.7 Å². The van der Waals surface area contributed by atoms with Crippen LogP contribution in [0, 0.1) is 0 Å². The van der Waals surface area contributed by atoms with Gasteiger partial charge in [-0.1, -0.05) is 25.4 Å². The minimum atomic E-state index is 0.0955. The van der Waals surface area contributed by atoms with Crippen molar-refractivity contribution >= 4 is 23.2 Å². The van der Waals surface area contributed by atoms with E-state index in [1.54, 1.807) is 6.20 Å². The van der Waals surface area contributed by atoms with Crippen molar-refractivity contribution in [2.75, 3.05) is 6.54 Å². The van der Waals surface area contributed by atoms with Gasteiger partial charge >= 0.3 is 0 Å². The molecule has 4 nitrogen and oxygen atoms in total. The molecule has 0 bridgehead atoms. The Morgan fingerprint density at radius 2 is 2.18 bits per heavy atom. The van der Waals surface area contributed by atoms with Crippen LogP contribution in [0.5, 0.6) is 0 Å². The lowest BCUT2D eigenvalue weighted by Crippen LogP contribution is -2.44. The Kier molecular flexibility index (Phi) is 4.39. The summed E-state index contributed by atoms with van der Waals surface area (Å²) in [5, 5.41) is 0.618. The van der Waals surface area contributed by atoms with Crippen molar-refractivity contribution in [3.63, 3.8) is 0 Å². The maximum absolute atomic E-state index is 13.2. The first-order chi connectivity index (χ1) is 10.7. The minimum Gasteiger partial charge on any atom is -0.334 e. The molecule has 0 spiro atoms. The van der Waals surface area contributed by atoms with E-state index in [1.165, 1.54) is 6.42 Å². The van der Waals surface area contributed by atoms with Gasteiger partial charge in [0.15, 0.2) is 0 Å². The first kappa shape index (κ1) is 15.3. The number of aryl methyl sites for hydroxylation is 1. The first-order valence-corrected chi connectivity index (χ1v) is 8.51. The van der Waals surface area contributed by atoms with Crippen molar-refractivity contribution in [1.29, 1.82) is 0 Å². The third-order valence-electron chi connectivity index (χ3n) is 4.55. The first-order valence-electron chi connectivity index (χ1n) is 8.13. The highest BCUT2D eigenvalue weighted by molar-refractivity contribution is 6.30. The summed E-state index contributed by atoms with van der Waals surface area (Å²) in [4.78, 5) is 19.8. The number of carbonyl (C=O) groups excluding carboxylic acids is 1. The number of amides is 1. The van der Waals surface area contributed by atoms with Crippen LogP contribution in [0.2, 0.25) is 5.02 Å². The van der Waals surface area contributed by atoms with Crippen LogP contribution in [0.15, 0.2) is 18.3 Å². The topological polar surface area (TPSA) is 37.6 Å². The van der Waals surface area contributed by atoms with Crippen LogP contribution in [-0.2, 0) is 6.42 Å². The summed E-state index contributed by atoms with van der Waals surface area (Å²) in [6, 6.07) is 4.02. The van der Waals surface area contributed by atoms with Gasteiger partial charge in [0.2, 0.25) is 0 Å². The predicted octanol–water partition coefficient (Wildman–Crippen LogP) is 3.95. The number of nitrogens with zero attached hydrogens (tertiary/aromatic N) is 3. The van der Waals surface area contributed by atoms with Crippen molar-refractivity contribution in [1.82, 2.24) is 14.3 Å². The molecule has 1 aliphatic heterocycles. The van der Waals surface area contributed by atoms with Crippen LogP contribution < -0.4 is 0 Å². The molecule has 0 aromatic carbocycles. The van der Waals surface area contributed by atoms with Gasteiger partial charge in [-0.3, -0.25) is 9.20 Å². The van der Waals surface area contributed by atoms with E-state index in [2.05, 4.69) is 11.9 Å². The quantitative estimate of drug-likeness (QED) is 0.859. The molecule has 0 saturated carbocycles. The van der Waals surface area contributed by atoms with Crippen LogP contribution in [0.3, 0.4) is 0 Å². The van der Waals surface area contributed by atoms with Crippen LogP contribution in [0.1, 0.15) is 55.7 Å². The number of hydrogen-bond acceptors (Lipinski definition) is 2. The number of likely N-dealkylation sites (tertiary alicyclic amines) is 1. The monoisotopic (exact) mass is 319 g/mol. The SMILES string of the molecule is CCc1nc2ccc(Cl)cn2c1C(=O)N1CCCCC1CC. The second-order valence-electron chi connectivity index (χ2n) is 5.89. The van der Waals surface area contributed by atoms with Gasteiger partial charge < -0.3 is 4.90 Å². The number of fused-ring (bicyclic) bond motifs is 1. The second kappa shape index (κ2) is 6.29. The highest BCUT2D eigenvalue weighted by Crippen LogP contribution is 2.24. The molecule has 1 unspecified atom stereocenters. The highest BCUT2D eigenvalue weighted by atomic mass is 35.5. The number of piperidine rings is 1. The number of aromatic nitrogens is 2. The minimum absolute atomic E-state index is 0.0955. The molecule has 0 N–H and O–H groups in total. The summed E-state index contributed by atoms with van der Waals surface area (Å²) < 4.78 is 1.85. The number of imidazole rings is 1. The van der Waals surface area contributed by atoms with E-state index in [4.69, 9.17) is 11.6 Å². The number of hydrogen-bond donors (Lipinski definition) is 0. The fraction of sp³-hybridized carbons (Fsp3) is 0.529. The standard InChI is InChI=1S/C17H22ClN3O/c1-3-13-7-5-6-10-20(13)17(22)16-14(4-2)19-15-9-8-12(18)11-21(15)16/h8-9,11,13H,3-7,10H2,1-2H3. The zero-order valence-corrected chi connectivity index (χ0v) is 13.9. The maximum atomic E-state index is 13.2. The van der Waals surface area contributed by atoms with Gasteiger partial charge in [0.1, 0.15) is 11.3 Å². The van der Waals surface area contributed by atoms with Gasteiger partial charge in [0, 0.05) is 18.8 Å². The Balaban J connectivity index is 2.07. The van der Waals surface area contributed by atoms with E-state index in [0.717, 1.165) is 43.6 Å². The van der Waals surface area contributed by atoms with Gasteiger partial charge in [-0.25, -0.2) is 4.98 Å². The lowest BCUT2D eigenvalue weighted by atomic mass is 9.99. The van der Waals surface area contributed by atoms with Crippen LogP contribution >= 0.6 is 11.6 Å². The molecule has 3 heterocycles. The highest BCUT2D eigenvalue weighted by Gasteiger charge is 2.29. The molecule has 2 aromatic heterocycles. The van der Waals surface area contributed by atoms with Gasteiger partial charge in [-0.2, -0.15) is 0 Å². The molecule has 2 aromatic rings. The smallest absolute Gasteiger partial charge is 0.273 e. The number of rotatable bonds is 3. The van der Waals surface area contributed by atoms with Gasteiger partial charge in [-0.05, 0) is 44.2 Å². The molecule has 0 radical (unpaired) electrons. The number of halogens is 1. The van der Waals surface area contributed by atoms with Crippen LogP contribution in [-0.4, -0.2) is 32.8 Å². The van der Waals surface area contributed by atoms with E-state index in [0.29, 0.717) is 16.8 Å². The average Bonchev–Trinajstić information content (AvgIpc) is 2.91. The van der Waals surface area contributed by atoms with Crippen molar-refractivity contribution in [2.24, 2.45) is 0 Å². The largest absolute Gasteiger partial charge is 0.334 e. The molecule has 1 amide bonds. The second-order valence-corrected chi connectivity index (χ2v) is 6.33. The Labute approximate surface area is 136 Å². The zero-order chi connectivity index (χ0) is 15.7. The summed E-state index contributed by atoms with van der Waals surface area (Å²) in [6.45, 7) is 5.03. The molecule has 1 atom stereocenters. The van der Waals surface area contributed by atoms with E-state index < -0.39 is 0 Å². The summed E-state index contributed by atoms with van der Waals surface area (Å²) in [5.41, 5.74) is 2.32. The fourth-order valence-corrected chi connectivity index (χ4v) is 3.53. The Hall–Kier alpha value is -1.55. The van der Waals surface area contributed by atoms with Gasteiger partial charge in [-0.15, -0.1) is 0 Å². The molecule has 1 aliphatic rings. The summed E-state index contributed by atoms with van der Waals surface area (Å²) in [7, 11) is 0. The average molecular weight is 320 g/mol. The third-order valence-corrected chi connectivity index (χ3v) is 4.77. The normalized spacial score (nSPS) is 18.9. The predicted molar refractivity (Wildman–Crippen MR) is 88.5 cm³/mol. The molecule has 3 rings (SSSR count). The van der Waals surface area contributed by atoms with Crippen LogP contribution in [0.4, 0.5) is 0 Å². The fourth-order valence-electron chi connectivity index (χ4n) is 3.37. The molecule has 5 heteroatoms. The third kappa shape index (κ3) is 2.60. The van der Waals surface area contributed by atoms with E-state index >= 15 is 0 Å². The number of carbonyl (C=O) groups is 1. The molecule has 1 fully saturated rings. The molecule has 0 aliphatic carbocycles. The Morgan fingerprint density at radius 3 is 2.91 bits per heavy atom. The van der Waals surface area contributed by atoms with E-state index in [1.807, 2.05) is 28.4 Å². The van der Waals surface area contributed by atoms with Crippen LogP contribution in [0.25, 0.3) is 5.65 Å². The maximum Gasteiger partial charge on any atom is 0.273 e.